The van der Waals surface area contributed by atoms with Crippen molar-refractivity contribution >= 4 is 34.6 Å². The summed E-state index contributed by atoms with van der Waals surface area (Å²) in [6.07, 6.45) is -4.82. The van der Waals surface area contributed by atoms with E-state index in [-0.39, 0.29) is 6.42 Å². The lowest BCUT2D eigenvalue weighted by Gasteiger charge is -2.22. The van der Waals surface area contributed by atoms with Crippen LogP contribution in [0.3, 0.4) is 0 Å². The number of halogens is 4. The van der Waals surface area contributed by atoms with E-state index in [2.05, 4.69) is 10.3 Å². The van der Waals surface area contributed by atoms with Crippen LogP contribution in [-0.2, 0) is 15.8 Å². The molecule has 4 rings (SSSR count). The molecule has 0 fully saturated rings. The topological polar surface area (TPSA) is 61.8 Å². The van der Waals surface area contributed by atoms with Gasteiger partial charge in [-0.1, -0.05) is 36.4 Å². The summed E-state index contributed by atoms with van der Waals surface area (Å²) < 4.78 is 53.0. The Kier molecular flexibility index (Phi) is 5.95. The zero-order valence-corrected chi connectivity index (χ0v) is 17.1. The van der Waals surface area contributed by atoms with E-state index in [9.17, 15) is 27.2 Å². The summed E-state index contributed by atoms with van der Waals surface area (Å²) >= 11 is 0. The van der Waals surface area contributed by atoms with Crippen LogP contribution in [0.5, 0.6) is 0 Å². The van der Waals surface area contributed by atoms with Gasteiger partial charge in [-0.05, 0) is 42.0 Å². The molecule has 9 heteroatoms. The zero-order valence-electron chi connectivity index (χ0n) is 17.1. The first-order valence-corrected chi connectivity index (χ1v) is 9.91. The van der Waals surface area contributed by atoms with E-state index in [1.54, 1.807) is 24.3 Å². The van der Waals surface area contributed by atoms with Gasteiger partial charge in [0.2, 0.25) is 11.8 Å². The molecule has 1 heterocycles. The quantitative estimate of drug-likeness (QED) is 0.540. The molecule has 3 aromatic carbocycles. The average Bonchev–Trinajstić information content (AvgIpc) is 2.90. The van der Waals surface area contributed by atoms with Crippen molar-refractivity contribution in [1.82, 2.24) is 0 Å². The standard InChI is InChI=1S/C24H17F4N3O2/c25-16-11-9-15(10-12-16)20-13-23(33)31(21-8-4-3-7-19(21)29-20)14-22(32)30-18-6-2-1-5-17(18)24(26,27)28/h1-12H,13-14H2,(H,30,32). The van der Waals surface area contributed by atoms with E-state index in [1.165, 1.54) is 41.3 Å². The number of rotatable bonds is 4. The van der Waals surface area contributed by atoms with Gasteiger partial charge in [0.1, 0.15) is 12.4 Å². The molecule has 0 saturated carbocycles. The van der Waals surface area contributed by atoms with Crippen molar-refractivity contribution in [2.45, 2.75) is 12.6 Å². The Labute approximate surface area is 186 Å². The first-order valence-electron chi connectivity index (χ1n) is 9.91. The number of amides is 2. The molecule has 0 radical (unpaired) electrons. The van der Waals surface area contributed by atoms with Crippen molar-refractivity contribution in [2.24, 2.45) is 4.99 Å². The lowest BCUT2D eigenvalue weighted by molar-refractivity contribution is -0.137. The van der Waals surface area contributed by atoms with Crippen molar-refractivity contribution < 1.29 is 27.2 Å². The van der Waals surface area contributed by atoms with Gasteiger partial charge in [0, 0.05) is 0 Å². The van der Waals surface area contributed by atoms with Crippen LogP contribution in [-0.4, -0.2) is 24.1 Å². The minimum atomic E-state index is -4.65. The minimum absolute atomic E-state index is 0.174. The van der Waals surface area contributed by atoms with Crippen LogP contribution in [0, 0.1) is 5.82 Å². The maximum Gasteiger partial charge on any atom is 0.418 e. The molecule has 168 valence electrons. The molecule has 0 aliphatic carbocycles. The Morgan fingerprint density at radius 2 is 1.64 bits per heavy atom. The fourth-order valence-electron chi connectivity index (χ4n) is 3.50. The van der Waals surface area contributed by atoms with E-state index in [4.69, 9.17) is 0 Å². The molecule has 3 aromatic rings. The highest BCUT2D eigenvalue weighted by Gasteiger charge is 2.34. The summed E-state index contributed by atoms with van der Waals surface area (Å²) in [7, 11) is 0. The largest absolute Gasteiger partial charge is 0.418 e. The van der Waals surface area contributed by atoms with E-state index >= 15 is 0 Å². The van der Waals surface area contributed by atoms with Gasteiger partial charge < -0.3 is 10.2 Å². The third kappa shape index (κ3) is 4.92. The zero-order chi connectivity index (χ0) is 23.6. The van der Waals surface area contributed by atoms with Gasteiger partial charge >= 0.3 is 6.18 Å². The van der Waals surface area contributed by atoms with Crippen LogP contribution in [0.1, 0.15) is 17.5 Å². The summed E-state index contributed by atoms with van der Waals surface area (Å²) in [6.45, 7) is -0.506. The molecule has 1 aliphatic rings. The molecule has 0 atom stereocenters. The monoisotopic (exact) mass is 455 g/mol. The van der Waals surface area contributed by atoms with Gasteiger partial charge in [-0.3, -0.25) is 14.6 Å². The molecule has 1 aliphatic heterocycles. The van der Waals surface area contributed by atoms with Crippen molar-refractivity contribution in [2.75, 3.05) is 16.8 Å². The van der Waals surface area contributed by atoms with E-state index in [1.807, 2.05) is 0 Å². The van der Waals surface area contributed by atoms with Crippen LogP contribution in [0.25, 0.3) is 0 Å². The van der Waals surface area contributed by atoms with Gasteiger partial charge in [0.15, 0.2) is 0 Å². The number of carbonyl (C=O) groups is 2. The minimum Gasteiger partial charge on any atom is -0.324 e. The van der Waals surface area contributed by atoms with Crippen molar-refractivity contribution in [1.29, 1.82) is 0 Å². The van der Waals surface area contributed by atoms with Crippen LogP contribution in [0.2, 0.25) is 0 Å². The molecule has 0 aromatic heterocycles. The second-order valence-corrected chi connectivity index (χ2v) is 7.30. The van der Waals surface area contributed by atoms with Crippen LogP contribution >= 0.6 is 0 Å². The summed E-state index contributed by atoms with van der Waals surface area (Å²) in [4.78, 5) is 31.4. The number of fused-ring (bicyclic) bond motifs is 1. The lowest BCUT2D eigenvalue weighted by Crippen LogP contribution is -2.38. The Bertz CT molecular complexity index is 1240. The summed E-state index contributed by atoms with van der Waals surface area (Å²) in [5, 5.41) is 2.25. The Morgan fingerprint density at radius 1 is 0.970 bits per heavy atom. The molecule has 1 N–H and O–H groups in total. The highest BCUT2D eigenvalue weighted by Crippen LogP contribution is 2.35. The molecule has 33 heavy (non-hydrogen) atoms. The Hall–Kier alpha value is -4.01. The molecule has 0 bridgehead atoms. The molecule has 0 spiro atoms. The van der Waals surface area contributed by atoms with E-state index in [0.29, 0.717) is 22.6 Å². The predicted molar refractivity (Wildman–Crippen MR) is 116 cm³/mol. The van der Waals surface area contributed by atoms with Gasteiger partial charge in [-0.25, -0.2) is 4.39 Å². The van der Waals surface area contributed by atoms with Crippen molar-refractivity contribution in [3.05, 3.63) is 89.7 Å². The normalized spacial score (nSPS) is 13.8. The first kappa shape index (κ1) is 22.2. The number of hydrogen-bond acceptors (Lipinski definition) is 3. The third-order valence-electron chi connectivity index (χ3n) is 5.03. The van der Waals surface area contributed by atoms with Gasteiger partial charge in [0.25, 0.3) is 0 Å². The molecule has 0 unspecified atom stereocenters. The molecule has 0 saturated heterocycles. The van der Waals surface area contributed by atoms with Crippen molar-refractivity contribution in [3.63, 3.8) is 0 Å². The average molecular weight is 455 g/mol. The van der Waals surface area contributed by atoms with Crippen LogP contribution in [0.15, 0.2) is 77.8 Å². The molecule has 2 amide bonds. The van der Waals surface area contributed by atoms with Crippen LogP contribution in [0.4, 0.5) is 34.6 Å². The predicted octanol–water partition coefficient (Wildman–Crippen LogP) is 5.34. The number of anilines is 2. The SMILES string of the molecule is O=C(CN1C(=O)CC(c2ccc(F)cc2)=Nc2ccccc21)Nc1ccccc1C(F)(F)F. The number of aliphatic imine (C=N–C) groups is 1. The molecular weight excluding hydrogens is 438 g/mol. The number of nitrogens with one attached hydrogen (secondary N) is 1. The third-order valence-corrected chi connectivity index (χ3v) is 5.03. The Balaban J connectivity index is 1.61. The summed E-state index contributed by atoms with van der Waals surface area (Å²) in [5.41, 5.74) is 0.310. The summed E-state index contributed by atoms with van der Waals surface area (Å²) in [6, 6.07) is 16.7. The number of carbonyl (C=O) groups excluding carboxylic acids is 2. The maximum atomic E-state index is 13.3. The fourth-order valence-corrected chi connectivity index (χ4v) is 3.50. The van der Waals surface area contributed by atoms with E-state index in [0.717, 1.165) is 12.1 Å². The van der Waals surface area contributed by atoms with E-state index < -0.39 is 41.6 Å². The molecule has 5 nitrogen and oxygen atoms in total. The van der Waals surface area contributed by atoms with Gasteiger partial charge in [-0.2, -0.15) is 13.2 Å². The number of alkyl halides is 3. The number of para-hydroxylation sites is 3. The summed E-state index contributed by atoms with van der Waals surface area (Å²) in [5.74, 6) is -1.69. The highest BCUT2D eigenvalue weighted by molar-refractivity contribution is 6.19. The second-order valence-electron chi connectivity index (χ2n) is 7.30. The second kappa shape index (κ2) is 8.85. The first-order chi connectivity index (χ1) is 15.7. The van der Waals surface area contributed by atoms with Gasteiger partial charge in [-0.15, -0.1) is 0 Å². The van der Waals surface area contributed by atoms with Gasteiger partial charge in [0.05, 0.1) is 34.8 Å². The molecular formula is C24H17F4N3O2. The van der Waals surface area contributed by atoms with Crippen LogP contribution < -0.4 is 10.2 Å². The Morgan fingerprint density at radius 3 is 2.36 bits per heavy atom. The number of hydrogen-bond donors (Lipinski definition) is 1. The highest BCUT2D eigenvalue weighted by atomic mass is 19.4. The van der Waals surface area contributed by atoms with Crippen molar-refractivity contribution in [3.8, 4) is 0 Å². The maximum absolute atomic E-state index is 13.3. The number of nitrogens with zero attached hydrogens (tertiary/aromatic N) is 2. The fraction of sp³-hybridized carbons (Fsp3) is 0.125. The lowest BCUT2D eigenvalue weighted by atomic mass is 10.1. The smallest absolute Gasteiger partial charge is 0.324 e. The number of benzene rings is 3.